The molecular weight excluding hydrogens is 462 g/mol. The van der Waals surface area contributed by atoms with Crippen molar-refractivity contribution < 1.29 is 19.1 Å². The van der Waals surface area contributed by atoms with E-state index in [-0.39, 0.29) is 57.2 Å². The van der Waals surface area contributed by atoms with Gasteiger partial charge in [0, 0.05) is 16.7 Å². The van der Waals surface area contributed by atoms with Crippen LogP contribution in [-0.4, -0.2) is 24.6 Å². The Kier molecular flexibility index (Phi) is 5.47. The zero-order valence-corrected chi connectivity index (χ0v) is 23.9. The number of hydrogen-bond acceptors (Lipinski definition) is 4. The lowest BCUT2D eigenvalue weighted by Crippen LogP contribution is -2.65. The van der Waals surface area contributed by atoms with Crippen LogP contribution in [0.15, 0.2) is 23.4 Å². The number of Topliss-reactive ketones (excluding diaryl/α,β-unsaturated/α-hetero) is 1. The van der Waals surface area contributed by atoms with Crippen LogP contribution in [0.3, 0.4) is 0 Å². The van der Waals surface area contributed by atoms with Gasteiger partial charge in [-0.25, -0.2) is 4.85 Å². The molecule has 3 saturated carbocycles. The van der Waals surface area contributed by atoms with Crippen molar-refractivity contribution in [2.24, 2.45) is 50.2 Å². The van der Waals surface area contributed by atoms with Gasteiger partial charge < -0.3 is 9.53 Å². The molecule has 0 heterocycles. The zero-order chi connectivity index (χ0) is 27.4. The summed E-state index contributed by atoms with van der Waals surface area (Å²) in [7, 11) is 1.49. The van der Waals surface area contributed by atoms with Crippen LogP contribution in [0.2, 0.25) is 0 Å². The van der Waals surface area contributed by atoms with E-state index in [0.29, 0.717) is 0 Å². The second-order valence-corrected chi connectivity index (χ2v) is 14.9. The van der Waals surface area contributed by atoms with Gasteiger partial charge in [0.25, 0.3) is 0 Å². The molecule has 5 heteroatoms. The van der Waals surface area contributed by atoms with Gasteiger partial charge in [-0.05, 0) is 79.1 Å². The van der Waals surface area contributed by atoms with Crippen molar-refractivity contribution in [2.75, 3.05) is 7.11 Å². The molecule has 0 aromatic heterocycles. The van der Waals surface area contributed by atoms with E-state index in [1.165, 1.54) is 7.11 Å². The molecule has 0 spiro atoms. The summed E-state index contributed by atoms with van der Waals surface area (Å²) in [5.74, 6) is -0.345. The lowest BCUT2D eigenvalue weighted by molar-refractivity contribution is -0.191. The lowest BCUT2D eigenvalue weighted by Gasteiger charge is -2.68. The van der Waals surface area contributed by atoms with Crippen molar-refractivity contribution in [2.45, 2.75) is 93.4 Å². The molecule has 0 N–H and O–H groups in total. The Labute approximate surface area is 222 Å². The van der Waals surface area contributed by atoms with Crippen LogP contribution < -0.4 is 0 Å². The van der Waals surface area contributed by atoms with Crippen molar-refractivity contribution in [3.63, 3.8) is 0 Å². The fourth-order valence-electron chi connectivity index (χ4n) is 10.2. The third-order valence-corrected chi connectivity index (χ3v) is 12.4. The fraction of sp³-hybridized carbons (Fsp3) is 0.750. The van der Waals surface area contributed by atoms with E-state index in [2.05, 4.69) is 39.5 Å². The van der Waals surface area contributed by atoms with Gasteiger partial charge >= 0.3 is 5.97 Å². The maximum atomic E-state index is 14.4. The first-order chi connectivity index (χ1) is 17.0. The number of allylic oxidation sites excluding steroid dienone is 4. The van der Waals surface area contributed by atoms with E-state index in [0.717, 1.165) is 50.5 Å². The monoisotopic (exact) mass is 505 g/mol. The number of rotatable bonds is 1. The lowest BCUT2D eigenvalue weighted by atomic mass is 9.34. The number of carbonyl (C=O) groups is 3. The molecule has 0 bridgehead atoms. The minimum Gasteiger partial charge on any atom is -0.469 e. The number of ether oxygens (including phenoxy) is 1. The van der Waals surface area contributed by atoms with Crippen LogP contribution in [0.25, 0.3) is 4.85 Å². The first-order valence-corrected chi connectivity index (χ1v) is 14.0. The standard InChI is InChI=1S/C32H43NO4/c1-27(2)12-14-32(26(36)37-9)15-13-31(7)24(19(32)17-27)21(34)16-23-29(5)18-20(33-8)25(35)28(3,4)22(29)10-11-30(23,31)6/h16,18-19,22,24H,10-15,17H2,1-7,9H3/t19?,22-,24?,29-,30+,31+,32-/m0/s1. The Bertz CT molecular complexity index is 1200. The Morgan fingerprint density at radius 2 is 1.65 bits per heavy atom. The highest BCUT2D eigenvalue weighted by Crippen LogP contribution is 2.74. The van der Waals surface area contributed by atoms with Gasteiger partial charge in [0.05, 0.1) is 19.1 Å². The molecule has 5 rings (SSSR count). The third-order valence-electron chi connectivity index (χ3n) is 12.4. The van der Waals surface area contributed by atoms with E-state index in [4.69, 9.17) is 11.3 Å². The van der Waals surface area contributed by atoms with Crippen molar-refractivity contribution in [1.29, 1.82) is 0 Å². The summed E-state index contributed by atoms with van der Waals surface area (Å²) in [6.45, 7) is 23.0. The summed E-state index contributed by atoms with van der Waals surface area (Å²) in [6, 6.07) is 0. The molecule has 5 aliphatic rings. The van der Waals surface area contributed by atoms with Crippen LogP contribution in [0, 0.1) is 56.8 Å². The van der Waals surface area contributed by atoms with E-state index in [1.54, 1.807) is 0 Å². The van der Waals surface area contributed by atoms with E-state index in [1.807, 2.05) is 26.0 Å². The molecule has 0 radical (unpaired) electrons. The molecule has 3 fully saturated rings. The van der Waals surface area contributed by atoms with E-state index < -0.39 is 16.2 Å². The van der Waals surface area contributed by atoms with Gasteiger partial charge in [-0.15, -0.1) is 0 Å². The topological polar surface area (TPSA) is 64.8 Å². The maximum absolute atomic E-state index is 14.4. The molecule has 5 nitrogen and oxygen atoms in total. The van der Waals surface area contributed by atoms with Crippen molar-refractivity contribution >= 4 is 17.5 Å². The van der Waals surface area contributed by atoms with Gasteiger partial charge in [-0.2, -0.15) is 0 Å². The summed E-state index contributed by atoms with van der Waals surface area (Å²) >= 11 is 0. The minimum absolute atomic E-state index is 0.0386. The number of fused-ring (bicyclic) bond motifs is 7. The minimum atomic E-state index is -0.660. The summed E-state index contributed by atoms with van der Waals surface area (Å²) in [5.41, 5.74) is -0.989. The van der Waals surface area contributed by atoms with Crippen LogP contribution in [-0.2, 0) is 19.1 Å². The predicted molar refractivity (Wildman–Crippen MR) is 142 cm³/mol. The van der Waals surface area contributed by atoms with Crippen LogP contribution in [0.5, 0.6) is 0 Å². The molecule has 0 aromatic rings. The second-order valence-electron chi connectivity index (χ2n) is 14.9. The highest BCUT2D eigenvalue weighted by molar-refractivity contribution is 6.03. The average Bonchev–Trinajstić information content (AvgIpc) is 2.82. The smallest absolute Gasteiger partial charge is 0.312 e. The zero-order valence-electron chi connectivity index (χ0n) is 23.9. The normalized spacial score (nSPS) is 45.6. The van der Waals surface area contributed by atoms with Crippen LogP contribution >= 0.6 is 0 Å². The Hall–Kier alpha value is -2.22. The Morgan fingerprint density at radius 1 is 1.00 bits per heavy atom. The number of methoxy groups -OCH3 is 1. The molecule has 0 saturated heterocycles. The quantitative estimate of drug-likeness (QED) is 0.293. The first kappa shape index (κ1) is 26.4. The van der Waals surface area contributed by atoms with Gasteiger partial charge in [0.15, 0.2) is 11.6 Å². The van der Waals surface area contributed by atoms with Gasteiger partial charge in [0.2, 0.25) is 5.70 Å². The van der Waals surface area contributed by atoms with Gasteiger partial charge in [0.1, 0.15) is 0 Å². The maximum Gasteiger partial charge on any atom is 0.312 e. The average molecular weight is 506 g/mol. The van der Waals surface area contributed by atoms with Gasteiger partial charge in [-0.1, -0.05) is 60.1 Å². The predicted octanol–water partition coefficient (Wildman–Crippen LogP) is 6.73. The van der Waals surface area contributed by atoms with Crippen molar-refractivity contribution in [1.82, 2.24) is 0 Å². The summed E-state index contributed by atoms with van der Waals surface area (Å²) in [4.78, 5) is 44.6. The van der Waals surface area contributed by atoms with E-state index >= 15 is 0 Å². The molecule has 0 aliphatic heterocycles. The fourth-order valence-corrected chi connectivity index (χ4v) is 10.2. The molecule has 37 heavy (non-hydrogen) atoms. The SMILES string of the molecule is [C-]#[N+]C1=C[C@]2(C)C3=CC(=O)C4C5CC(C)(C)CC[C@]5(C(=O)OC)CC[C@@]4(C)[C@]3(C)CC[C@H]2C(C)(C)C1=O. The molecule has 200 valence electrons. The molecule has 0 aromatic carbocycles. The summed E-state index contributed by atoms with van der Waals surface area (Å²) in [6.07, 6.45) is 9.69. The number of esters is 1. The number of carbonyl (C=O) groups excluding carboxylic acids is 3. The number of nitrogens with zero attached hydrogens (tertiary/aromatic N) is 1. The van der Waals surface area contributed by atoms with E-state index in [9.17, 15) is 14.4 Å². The van der Waals surface area contributed by atoms with Crippen molar-refractivity contribution in [3.8, 4) is 0 Å². The second kappa shape index (κ2) is 7.67. The summed E-state index contributed by atoms with van der Waals surface area (Å²) < 4.78 is 5.41. The van der Waals surface area contributed by atoms with Crippen LogP contribution in [0.1, 0.15) is 93.4 Å². The Morgan fingerprint density at radius 3 is 2.27 bits per heavy atom. The highest BCUT2D eigenvalue weighted by atomic mass is 16.5. The Balaban J connectivity index is 1.71. The molecule has 5 aliphatic carbocycles. The number of hydrogen-bond donors (Lipinski definition) is 0. The summed E-state index contributed by atoms with van der Waals surface area (Å²) in [5, 5.41) is 0. The first-order valence-electron chi connectivity index (χ1n) is 14.0. The highest BCUT2D eigenvalue weighted by Gasteiger charge is 2.71. The largest absolute Gasteiger partial charge is 0.469 e. The third kappa shape index (κ3) is 3.11. The molecule has 7 atom stereocenters. The van der Waals surface area contributed by atoms with Crippen molar-refractivity contribution in [3.05, 3.63) is 34.8 Å². The molecule has 2 unspecified atom stereocenters. The van der Waals surface area contributed by atoms with Gasteiger partial charge in [-0.3, -0.25) is 9.59 Å². The molecular formula is C32H43NO4. The molecule has 0 amide bonds. The number of ketones is 2. The van der Waals surface area contributed by atoms with Crippen LogP contribution in [0.4, 0.5) is 0 Å².